The molecular weight excluding hydrogens is 348 g/mol. The van der Waals surface area contributed by atoms with Gasteiger partial charge >= 0.3 is 0 Å². The number of amides is 1. The van der Waals surface area contributed by atoms with Gasteiger partial charge in [-0.25, -0.2) is 4.98 Å². The fourth-order valence-electron chi connectivity index (χ4n) is 3.73. The number of aromatic nitrogens is 2. The SMILES string of the molecule is Cc1ccc2c(c1)nc(N)c1ncc(CCc3c(C)cccc3C(N)=O)cc12. The number of carbonyl (C=O) groups is 1. The molecule has 2 aromatic heterocycles. The predicted octanol–water partition coefficient (Wildman–Crippen LogP) is 3.87. The maximum absolute atomic E-state index is 11.8. The molecule has 5 nitrogen and oxygen atoms in total. The van der Waals surface area contributed by atoms with Crippen molar-refractivity contribution in [1.29, 1.82) is 0 Å². The van der Waals surface area contributed by atoms with Crippen LogP contribution in [0.4, 0.5) is 5.82 Å². The van der Waals surface area contributed by atoms with E-state index >= 15 is 0 Å². The molecular formula is C23H22N4O. The van der Waals surface area contributed by atoms with Gasteiger partial charge in [-0.2, -0.15) is 0 Å². The molecule has 0 atom stereocenters. The number of pyridine rings is 2. The number of nitrogens with zero attached hydrogens (tertiary/aromatic N) is 2. The summed E-state index contributed by atoms with van der Waals surface area (Å²) >= 11 is 0. The Bertz CT molecular complexity index is 1230. The number of primary amides is 1. The fourth-order valence-corrected chi connectivity index (χ4v) is 3.73. The van der Waals surface area contributed by atoms with Crippen LogP contribution in [0.3, 0.4) is 0 Å². The minimum atomic E-state index is -0.393. The van der Waals surface area contributed by atoms with Crippen LogP contribution in [-0.2, 0) is 12.8 Å². The van der Waals surface area contributed by atoms with Crippen LogP contribution in [0.15, 0.2) is 48.7 Å². The molecule has 28 heavy (non-hydrogen) atoms. The minimum absolute atomic E-state index is 0.393. The van der Waals surface area contributed by atoms with E-state index in [9.17, 15) is 4.79 Å². The van der Waals surface area contributed by atoms with E-state index in [-0.39, 0.29) is 0 Å². The number of hydrogen-bond acceptors (Lipinski definition) is 4. The second-order valence-corrected chi connectivity index (χ2v) is 7.22. The standard InChI is InChI=1S/C23H22N4O/c1-13-6-8-17-19-11-15(12-26-21(19)22(24)27-20(17)10-13)7-9-16-14(2)4-3-5-18(16)23(25)28/h3-6,8,10-12H,7,9H2,1-2H3,(H2,24,27)(H2,25,28). The maximum Gasteiger partial charge on any atom is 0.248 e. The van der Waals surface area contributed by atoms with Crippen LogP contribution in [-0.4, -0.2) is 15.9 Å². The highest BCUT2D eigenvalue weighted by molar-refractivity contribution is 6.08. The summed E-state index contributed by atoms with van der Waals surface area (Å²) in [4.78, 5) is 20.8. The predicted molar refractivity (Wildman–Crippen MR) is 113 cm³/mol. The number of benzene rings is 2. The smallest absolute Gasteiger partial charge is 0.248 e. The monoisotopic (exact) mass is 370 g/mol. The second kappa shape index (κ2) is 6.93. The Morgan fingerprint density at radius 2 is 1.86 bits per heavy atom. The van der Waals surface area contributed by atoms with E-state index in [1.807, 2.05) is 38.2 Å². The first-order valence-electron chi connectivity index (χ1n) is 9.27. The first-order chi connectivity index (χ1) is 13.4. The summed E-state index contributed by atoms with van der Waals surface area (Å²) in [6.07, 6.45) is 3.31. The lowest BCUT2D eigenvalue weighted by molar-refractivity contribution is 0.0999. The van der Waals surface area contributed by atoms with Crippen LogP contribution in [0.1, 0.15) is 32.6 Å². The summed E-state index contributed by atoms with van der Waals surface area (Å²) in [7, 11) is 0. The van der Waals surface area contributed by atoms with Gasteiger partial charge in [-0.05, 0) is 67.1 Å². The van der Waals surface area contributed by atoms with E-state index in [1.54, 1.807) is 6.07 Å². The summed E-state index contributed by atoms with van der Waals surface area (Å²) in [6.45, 7) is 4.04. The normalized spacial score (nSPS) is 11.2. The molecule has 5 heteroatoms. The first-order valence-corrected chi connectivity index (χ1v) is 9.27. The molecule has 0 saturated heterocycles. The van der Waals surface area contributed by atoms with Crippen LogP contribution in [0.25, 0.3) is 21.8 Å². The molecule has 0 aliphatic rings. The summed E-state index contributed by atoms with van der Waals surface area (Å²) in [5.74, 6) is 0.0464. The topological polar surface area (TPSA) is 94.9 Å². The van der Waals surface area contributed by atoms with Crippen molar-refractivity contribution in [3.63, 3.8) is 0 Å². The average molecular weight is 370 g/mol. The molecule has 4 aromatic rings. The van der Waals surface area contributed by atoms with E-state index in [0.29, 0.717) is 16.9 Å². The van der Waals surface area contributed by atoms with Gasteiger partial charge in [0, 0.05) is 22.5 Å². The molecule has 140 valence electrons. The molecule has 0 saturated carbocycles. The Labute approximate surface area is 163 Å². The first kappa shape index (κ1) is 17.9. The average Bonchev–Trinajstić information content (AvgIpc) is 2.66. The van der Waals surface area contributed by atoms with E-state index in [4.69, 9.17) is 11.5 Å². The zero-order valence-corrected chi connectivity index (χ0v) is 16.0. The highest BCUT2D eigenvalue weighted by atomic mass is 16.1. The van der Waals surface area contributed by atoms with E-state index in [0.717, 1.165) is 51.4 Å². The van der Waals surface area contributed by atoms with E-state index < -0.39 is 5.91 Å². The molecule has 0 fully saturated rings. The number of rotatable bonds is 4. The van der Waals surface area contributed by atoms with Crippen molar-refractivity contribution in [2.45, 2.75) is 26.7 Å². The molecule has 0 aliphatic heterocycles. The summed E-state index contributed by atoms with van der Waals surface area (Å²) in [5.41, 5.74) is 18.1. The molecule has 2 aromatic carbocycles. The summed E-state index contributed by atoms with van der Waals surface area (Å²) in [5, 5.41) is 2.04. The molecule has 0 bridgehead atoms. The zero-order valence-electron chi connectivity index (χ0n) is 16.0. The maximum atomic E-state index is 11.8. The fraction of sp³-hybridized carbons (Fsp3) is 0.174. The number of anilines is 1. The van der Waals surface area contributed by atoms with Crippen LogP contribution in [0, 0.1) is 13.8 Å². The third-order valence-electron chi connectivity index (χ3n) is 5.21. The van der Waals surface area contributed by atoms with Crippen molar-refractivity contribution in [1.82, 2.24) is 9.97 Å². The van der Waals surface area contributed by atoms with Crippen molar-refractivity contribution >= 4 is 33.5 Å². The van der Waals surface area contributed by atoms with Crippen molar-refractivity contribution in [2.24, 2.45) is 5.73 Å². The van der Waals surface area contributed by atoms with Gasteiger partial charge in [0.05, 0.1) is 5.52 Å². The lowest BCUT2D eigenvalue weighted by Gasteiger charge is -2.12. The lowest BCUT2D eigenvalue weighted by Crippen LogP contribution is -2.15. The Morgan fingerprint density at radius 1 is 1.04 bits per heavy atom. The highest BCUT2D eigenvalue weighted by Crippen LogP contribution is 2.28. The van der Waals surface area contributed by atoms with Crippen molar-refractivity contribution < 1.29 is 4.79 Å². The molecule has 1 amide bonds. The third-order valence-corrected chi connectivity index (χ3v) is 5.21. The minimum Gasteiger partial charge on any atom is -0.382 e. The number of fused-ring (bicyclic) bond motifs is 3. The molecule has 0 spiro atoms. The number of nitrogens with two attached hydrogens (primary N) is 2. The van der Waals surface area contributed by atoms with E-state index in [1.165, 1.54) is 0 Å². The number of aryl methyl sites for hydroxylation is 3. The molecule has 0 unspecified atom stereocenters. The molecule has 2 heterocycles. The molecule has 0 aliphatic carbocycles. The van der Waals surface area contributed by atoms with Crippen LogP contribution in [0.2, 0.25) is 0 Å². The van der Waals surface area contributed by atoms with Crippen LogP contribution < -0.4 is 11.5 Å². The summed E-state index contributed by atoms with van der Waals surface area (Å²) < 4.78 is 0. The van der Waals surface area contributed by atoms with Gasteiger partial charge in [-0.15, -0.1) is 0 Å². The largest absolute Gasteiger partial charge is 0.382 e. The van der Waals surface area contributed by atoms with Crippen molar-refractivity contribution in [3.05, 3.63) is 76.5 Å². The Kier molecular flexibility index (Phi) is 4.43. The second-order valence-electron chi connectivity index (χ2n) is 7.22. The number of hydrogen-bond donors (Lipinski definition) is 2. The van der Waals surface area contributed by atoms with Crippen LogP contribution >= 0.6 is 0 Å². The van der Waals surface area contributed by atoms with Crippen molar-refractivity contribution in [2.75, 3.05) is 5.73 Å². The zero-order chi connectivity index (χ0) is 19.8. The van der Waals surface area contributed by atoms with E-state index in [2.05, 4.69) is 28.2 Å². The Balaban J connectivity index is 1.75. The Hall–Kier alpha value is -3.47. The highest BCUT2D eigenvalue weighted by Gasteiger charge is 2.12. The van der Waals surface area contributed by atoms with Gasteiger partial charge in [-0.1, -0.05) is 24.3 Å². The van der Waals surface area contributed by atoms with Gasteiger partial charge in [0.1, 0.15) is 5.52 Å². The lowest BCUT2D eigenvalue weighted by atomic mass is 9.95. The number of carbonyl (C=O) groups excluding carboxylic acids is 1. The van der Waals surface area contributed by atoms with Gasteiger partial charge in [-0.3, -0.25) is 9.78 Å². The van der Waals surface area contributed by atoms with Gasteiger partial charge in [0.2, 0.25) is 5.91 Å². The summed E-state index contributed by atoms with van der Waals surface area (Å²) in [6, 6.07) is 13.9. The quantitative estimate of drug-likeness (QED) is 0.533. The van der Waals surface area contributed by atoms with Gasteiger partial charge < -0.3 is 11.5 Å². The van der Waals surface area contributed by atoms with Crippen molar-refractivity contribution in [3.8, 4) is 0 Å². The van der Waals surface area contributed by atoms with Crippen LogP contribution in [0.5, 0.6) is 0 Å². The third kappa shape index (κ3) is 3.16. The van der Waals surface area contributed by atoms with Gasteiger partial charge in [0.25, 0.3) is 0 Å². The molecule has 4 rings (SSSR count). The molecule has 0 radical (unpaired) electrons. The number of nitrogen functional groups attached to an aromatic ring is 1. The molecule has 4 N–H and O–H groups in total. The Morgan fingerprint density at radius 3 is 2.64 bits per heavy atom. The van der Waals surface area contributed by atoms with Gasteiger partial charge in [0.15, 0.2) is 5.82 Å².